The number of carbonyl (C=O) groups is 1. The summed E-state index contributed by atoms with van der Waals surface area (Å²) in [5.41, 5.74) is 0.478. The van der Waals surface area contributed by atoms with Crippen LogP contribution in [0.25, 0.3) is 0 Å². The number of hydrogen-bond acceptors (Lipinski definition) is 3. The predicted octanol–water partition coefficient (Wildman–Crippen LogP) is 1.17. The molecule has 0 bridgehead atoms. The number of quaternary nitrogens is 1. The van der Waals surface area contributed by atoms with Crippen LogP contribution in [-0.2, 0) is 4.74 Å². The lowest BCUT2D eigenvalue weighted by Crippen LogP contribution is -3.12. The van der Waals surface area contributed by atoms with Crippen LogP contribution in [-0.4, -0.2) is 38.8 Å². The Morgan fingerprint density at radius 3 is 2.47 bits per heavy atom. The van der Waals surface area contributed by atoms with Gasteiger partial charge in [0.05, 0.1) is 20.2 Å². The topological polar surface area (TPSA) is 40.0 Å². The molecule has 1 atom stereocenters. The van der Waals surface area contributed by atoms with Crippen molar-refractivity contribution in [2.45, 2.75) is 26.9 Å². The first-order valence-electron chi connectivity index (χ1n) is 6.79. The molecule has 0 amide bonds. The van der Waals surface area contributed by atoms with Gasteiger partial charge in [-0.3, -0.25) is 0 Å². The van der Waals surface area contributed by atoms with Crippen LogP contribution < -0.4 is 9.64 Å². The highest BCUT2D eigenvalue weighted by atomic mass is 16.5. The van der Waals surface area contributed by atoms with E-state index < -0.39 is 0 Å². The second kappa shape index (κ2) is 7.79. The van der Waals surface area contributed by atoms with Crippen molar-refractivity contribution >= 4 is 5.97 Å². The summed E-state index contributed by atoms with van der Waals surface area (Å²) in [7, 11) is 1.55. The minimum Gasteiger partial charge on any atom is -0.496 e. The number of likely N-dealkylation sites (N-methyl/N-ethyl adjacent to an activating group) is 1. The highest BCUT2D eigenvalue weighted by Gasteiger charge is 2.18. The van der Waals surface area contributed by atoms with Crippen LogP contribution in [0.3, 0.4) is 0 Å². The molecule has 0 heterocycles. The molecule has 0 aromatic heterocycles. The molecule has 4 nitrogen and oxygen atoms in total. The maximum absolute atomic E-state index is 12.1. The molecular formula is C15H24NO3+. The first-order chi connectivity index (χ1) is 9.12. The second-order valence-electron chi connectivity index (χ2n) is 4.58. The van der Waals surface area contributed by atoms with Crippen LogP contribution >= 0.6 is 0 Å². The third kappa shape index (κ3) is 4.56. The van der Waals surface area contributed by atoms with E-state index in [2.05, 4.69) is 13.8 Å². The fraction of sp³-hybridized carbons (Fsp3) is 0.533. The van der Waals surface area contributed by atoms with Gasteiger partial charge < -0.3 is 14.4 Å². The van der Waals surface area contributed by atoms with Gasteiger partial charge in [0.1, 0.15) is 24.0 Å². The Morgan fingerprint density at radius 2 is 1.89 bits per heavy atom. The molecule has 1 rings (SSSR count). The summed E-state index contributed by atoms with van der Waals surface area (Å²) in [6.45, 7) is 9.09. The average Bonchev–Trinajstić information content (AvgIpc) is 2.44. The van der Waals surface area contributed by atoms with Gasteiger partial charge in [-0.2, -0.15) is 0 Å². The minimum absolute atomic E-state index is 0.104. The number of hydrogen-bond donors (Lipinski definition) is 1. The van der Waals surface area contributed by atoms with Crippen LogP contribution in [0.2, 0.25) is 0 Å². The molecule has 1 aromatic rings. The van der Waals surface area contributed by atoms with Crippen molar-refractivity contribution in [2.24, 2.45) is 0 Å². The number of carbonyl (C=O) groups excluding carboxylic acids is 1. The second-order valence-corrected chi connectivity index (χ2v) is 4.58. The number of benzene rings is 1. The Bertz CT molecular complexity index is 402. The largest absolute Gasteiger partial charge is 0.496 e. The van der Waals surface area contributed by atoms with Gasteiger partial charge in [0.2, 0.25) is 0 Å². The molecule has 0 spiro atoms. The highest BCUT2D eigenvalue weighted by molar-refractivity contribution is 5.92. The lowest BCUT2D eigenvalue weighted by Gasteiger charge is -2.20. The van der Waals surface area contributed by atoms with Crippen LogP contribution in [0.1, 0.15) is 31.1 Å². The third-order valence-electron chi connectivity index (χ3n) is 3.21. The maximum Gasteiger partial charge on any atom is 0.342 e. The van der Waals surface area contributed by atoms with Crippen LogP contribution in [0, 0.1) is 0 Å². The molecule has 0 aliphatic rings. The zero-order valence-electron chi connectivity index (χ0n) is 12.2. The van der Waals surface area contributed by atoms with Gasteiger partial charge in [0.25, 0.3) is 0 Å². The SMILES string of the molecule is CC[NH+](CC)C[C@H](C)OC(=O)c1ccccc1OC. The number of rotatable bonds is 7. The van der Waals surface area contributed by atoms with Gasteiger partial charge >= 0.3 is 5.97 Å². The van der Waals surface area contributed by atoms with E-state index >= 15 is 0 Å². The highest BCUT2D eigenvalue weighted by Crippen LogP contribution is 2.18. The smallest absolute Gasteiger partial charge is 0.342 e. The molecule has 4 heteroatoms. The van der Waals surface area contributed by atoms with Gasteiger partial charge in [-0.05, 0) is 32.9 Å². The molecule has 1 N–H and O–H groups in total. The van der Waals surface area contributed by atoms with E-state index in [1.54, 1.807) is 25.3 Å². The standard InChI is InChI=1S/C15H23NO3/c1-5-16(6-2)11-12(3)19-15(17)13-9-7-8-10-14(13)18-4/h7-10,12H,5-6,11H2,1-4H3/p+1/t12-/m0/s1. The fourth-order valence-electron chi connectivity index (χ4n) is 2.05. The molecule has 0 aliphatic carbocycles. The van der Waals surface area contributed by atoms with E-state index in [1.807, 2.05) is 13.0 Å². The molecule has 0 aliphatic heterocycles. The van der Waals surface area contributed by atoms with Gasteiger partial charge in [0, 0.05) is 0 Å². The van der Waals surface area contributed by atoms with Gasteiger partial charge in [0.15, 0.2) is 0 Å². The quantitative estimate of drug-likeness (QED) is 0.753. The normalized spacial score (nSPS) is 12.3. The van der Waals surface area contributed by atoms with Crippen molar-refractivity contribution in [1.29, 1.82) is 0 Å². The summed E-state index contributed by atoms with van der Waals surface area (Å²) >= 11 is 0. The van der Waals surface area contributed by atoms with E-state index in [-0.39, 0.29) is 12.1 Å². The Morgan fingerprint density at radius 1 is 1.26 bits per heavy atom. The monoisotopic (exact) mass is 266 g/mol. The van der Waals surface area contributed by atoms with Crippen molar-refractivity contribution in [1.82, 2.24) is 0 Å². The molecule has 0 saturated carbocycles. The first kappa shape index (κ1) is 15.5. The van der Waals surface area contributed by atoms with Crippen molar-refractivity contribution in [3.8, 4) is 5.75 Å². The van der Waals surface area contributed by atoms with Crippen molar-refractivity contribution < 1.29 is 19.2 Å². The Kier molecular flexibility index (Phi) is 6.36. The van der Waals surface area contributed by atoms with E-state index in [9.17, 15) is 4.79 Å². The number of ether oxygens (including phenoxy) is 2. The zero-order valence-corrected chi connectivity index (χ0v) is 12.2. The Labute approximate surface area is 115 Å². The summed E-state index contributed by atoms with van der Waals surface area (Å²) in [6.07, 6.45) is -0.104. The minimum atomic E-state index is -0.323. The predicted molar refractivity (Wildman–Crippen MR) is 74.8 cm³/mol. The number of esters is 1. The van der Waals surface area contributed by atoms with Crippen molar-refractivity contribution in [3.63, 3.8) is 0 Å². The van der Waals surface area contributed by atoms with Crippen LogP contribution in [0.5, 0.6) is 5.75 Å². The van der Waals surface area contributed by atoms with E-state index in [0.29, 0.717) is 11.3 Å². The molecule has 106 valence electrons. The molecule has 19 heavy (non-hydrogen) atoms. The number of nitrogens with one attached hydrogen (secondary N) is 1. The molecule has 0 radical (unpaired) electrons. The average molecular weight is 266 g/mol. The molecule has 0 fully saturated rings. The molecule has 1 aromatic carbocycles. The maximum atomic E-state index is 12.1. The van der Waals surface area contributed by atoms with E-state index in [0.717, 1.165) is 19.6 Å². The summed E-state index contributed by atoms with van der Waals surface area (Å²) in [5.74, 6) is 0.228. The summed E-state index contributed by atoms with van der Waals surface area (Å²) in [5, 5.41) is 0. The van der Waals surface area contributed by atoms with E-state index in [1.165, 1.54) is 4.90 Å². The van der Waals surface area contributed by atoms with Gasteiger partial charge in [-0.25, -0.2) is 4.79 Å². The summed E-state index contributed by atoms with van der Waals surface area (Å²) in [6, 6.07) is 7.12. The lowest BCUT2D eigenvalue weighted by molar-refractivity contribution is -0.899. The fourth-order valence-corrected chi connectivity index (χ4v) is 2.05. The zero-order chi connectivity index (χ0) is 14.3. The van der Waals surface area contributed by atoms with Gasteiger partial charge in [-0.1, -0.05) is 12.1 Å². The third-order valence-corrected chi connectivity index (χ3v) is 3.21. The number of methoxy groups -OCH3 is 1. The molecule has 0 unspecified atom stereocenters. The first-order valence-corrected chi connectivity index (χ1v) is 6.79. The van der Waals surface area contributed by atoms with Crippen LogP contribution in [0.15, 0.2) is 24.3 Å². The van der Waals surface area contributed by atoms with E-state index in [4.69, 9.17) is 9.47 Å². The van der Waals surface area contributed by atoms with Gasteiger partial charge in [-0.15, -0.1) is 0 Å². The summed E-state index contributed by atoms with van der Waals surface area (Å²) < 4.78 is 10.6. The lowest BCUT2D eigenvalue weighted by atomic mass is 10.2. The Hall–Kier alpha value is -1.55. The van der Waals surface area contributed by atoms with Crippen molar-refractivity contribution in [2.75, 3.05) is 26.7 Å². The van der Waals surface area contributed by atoms with Crippen LogP contribution in [0.4, 0.5) is 0 Å². The number of para-hydroxylation sites is 1. The molecular weight excluding hydrogens is 242 g/mol. The molecule has 0 saturated heterocycles. The Balaban J connectivity index is 2.63. The van der Waals surface area contributed by atoms with Crippen molar-refractivity contribution in [3.05, 3.63) is 29.8 Å². The summed E-state index contributed by atoms with van der Waals surface area (Å²) in [4.78, 5) is 13.5.